The predicted molar refractivity (Wildman–Crippen MR) is 281 cm³/mol. The summed E-state index contributed by atoms with van der Waals surface area (Å²) in [5, 5.41) is 0. The van der Waals surface area contributed by atoms with Crippen LogP contribution in [0.3, 0.4) is 0 Å². The van der Waals surface area contributed by atoms with Crippen molar-refractivity contribution >= 4 is 19.8 Å². The second-order valence-corrected chi connectivity index (χ2v) is 21.0. The number of carbonyl (C=O) groups excluding carboxylic acids is 2. The monoisotopic (exact) mass is 953 g/mol. The number of esters is 2. The molecule has 2 unspecified atom stereocenters. The van der Waals surface area contributed by atoms with Crippen LogP contribution in [-0.4, -0.2) is 43.3 Å². The maximum absolute atomic E-state index is 12.6. The van der Waals surface area contributed by atoms with Gasteiger partial charge in [-0.15, -0.1) is 0 Å². The number of hydrogen-bond acceptors (Lipinski definition) is 7. The zero-order valence-corrected chi connectivity index (χ0v) is 44.8. The fraction of sp³-hybridized carbons (Fsp3) is 0.895. The Morgan fingerprint density at radius 3 is 1.06 bits per heavy atom. The predicted octanol–water partition coefficient (Wildman–Crippen LogP) is 18.9. The standard InChI is InChI=1S/C57H109O8P/c1-4-6-8-10-12-14-16-18-20-22-24-26-28-30-31-33-35-37-39-41-43-45-47-49-51-56(58)63-53-55(54-64-66(60,61)62-3)65-57(59)52-50-48-46-44-42-40-38-36-34-32-29-27-25-23-21-19-17-15-13-11-9-7-5-2/h17,19,23,25,55H,4-16,18,20-22,24,26-54H2,1-3H3,(H,60,61)/b19-17-,25-23-. The lowest BCUT2D eigenvalue weighted by molar-refractivity contribution is -0.161. The fourth-order valence-corrected chi connectivity index (χ4v) is 9.04. The zero-order chi connectivity index (χ0) is 48.1. The van der Waals surface area contributed by atoms with Crippen molar-refractivity contribution in [3.8, 4) is 0 Å². The second kappa shape index (κ2) is 52.9. The average Bonchev–Trinajstić information content (AvgIpc) is 3.31. The van der Waals surface area contributed by atoms with Crippen LogP contribution in [0.15, 0.2) is 24.3 Å². The number of rotatable bonds is 54. The lowest BCUT2D eigenvalue weighted by Crippen LogP contribution is -2.29. The lowest BCUT2D eigenvalue weighted by atomic mass is 10.0. The maximum Gasteiger partial charge on any atom is 0.472 e. The van der Waals surface area contributed by atoms with Gasteiger partial charge in [-0.2, -0.15) is 0 Å². The van der Waals surface area contributed by atoms with Crippen molar-refractivity contribution in [2.24, 2.45) is 0 Å². The Morgan fingerprint density at radius 2 is 0.727 bits per heavy atom. The molecule has 0 aliphatic carbocycles. The van der Waals surface area contributed by atoms with E-state index in [1.54, 1.807) is 0 Å². The van der Waals surface area contributed by atoms with E-state index in [0.717, 1.165) is 45.6 Å². The second-order valence-electron chi connectivity index (χ2n) is 19.4. The van der Waals surface area contributed by atoms with Crippen LogP contribution in [0.25, 0.3) is 0 Å². The van der Waals surface area contributed by atoms with Gasteiger partial charge in [0, 0.05) is 20.0 Å². The van der Waals surface area contributed by atoms with E-state index >= 15 is 0 Å². The van der Waals surface area contributed by atoms with Crippen LogP contribution in [0.2, 0.25) is 0 Å². The lowest BCUT2D eigenvalue weighted by Gasteiger charge is -2.19. The number of phosphoric ester groups is 1. The molecule has 66 heavy (non-hydrogen) atoms. The molecule has 0 heterocycles. The first-order valence-electron chi connectivity index (χ1n) is 28.5. The first-order valence-corrected chi connectivity index (χ1v) is 30.0. The first kappa shape index (κ1) is 64.5. The molecule has 9 heteroatoms. The van der Waals surface area contributed by atoms with Gasteiger partial charge in [-0.1, -0.05) is 269 Å². The molecule has 8 nitrogen and oxygen atoms in total. The SMILES string of the molecule is CCCCCCC/C=C\C/C=C\CCCCCCCCCCCCCC(=O)OC(COC(=O)CCCCCCCCCCCCCCCCCCCCCCCCCC)COP(=O)(O)OC. The summed E-state index contributed by atoms with van der Waals surface area (Å²) < 4.78 is 32.2. The third kappa shape index (κ3) is 51.9. The highest BCUT2D eigenvalue weighted by Gasteiger charge is 2.24. The minimum Gasteiger partial charge on any atom is -0.462 e. The molecule has 390 valence electrons. The average molecular weight is 953 g/mol. The molecule has 0 amide bonds. The van der Waals surface area contributed by atoms with Gasteiger partial charge in [0.15, 0.2) is 6.10 Å². The van der Waals surface area contributed by atoms with Gasteiger partial charge in [0.25, 0.3) is 0 Å². The van der Waals surface area contributed by atoms with Gasteiger partial charge in [0.05, 0.1) is 6.61 Å². The van der Waals surface area contributed by atoms with Crippen molar-refractivity contribution in [2.45, 2.75) is 309 Å². The molecule has 0 bridgehead atoms. The van der Waals surface area contributed by atoms with Gasteiger partial charge in [0.1, 0.15) is 6.61 Å². The minimum atomic E-state index is -4.27. The van der Waals surface area contributed by atoms with Crippen molar-refractivity contribution < 1.29 is 37.6 Å². The molecule has 0 saturated carbocycles. The van der Waals surface area contributed by atoms with Crippen molar-refractivity contribution in [3.63, 3.8) is 0 Å². The highest BCUT2D eigenvalue weighted by Crippen LogP contribution is 2.42. The molecule has 0 aromatic heterocycles. The van der Waals surface area contributed by atoms with E-state index in [0.29, 0.717) is 12.8 Å². The van der Waals surface area contributed by atoms with E-state index < -0.39 is 26.5 Å². The number of ether oxygens (including phenoxy) is 2. The quantitative estimate of drug-likeness (QED) is 0.0278. The summed E-state index contributed by atoms with van der Waals surface area (Å²) >= 11 is 0. The molecule has 0 aliphatic heterocycles. The van der Waals surface area contributed by atoms with Crippen LogP contribution in [-0.2, 0) is 32.7 Å². The first-order chi connectivity index (χ1) is 32.3. The largest absolute Gasteiger partial charge is 0.472 e. The van der Waals surface area contributed by atoms with Crippen LogP contribution in [0.4, 0.5) is 0 Å². The smallest absolute Gasteiger partial charge is 0.462 e. The van der Waals surface area contributed by atoms with Crippen molar-refractivity contribution in [1.82, 2.24) is 0 Å². The molecule has 0 spiro atoms. The topological polar surface area (TPSA) is 108 Å². The minimum absolute atomic E-state index is 0.220. The molecular formula is C57H109O8P. The van der Waals surface area contributed by atoms with Crippen molar-refractivity contribution in [2.75, 3.05) is 20.3 Å². The van der Waals surface area contributed by atoms with Crippen LogP contribution in [0, 0.1) is 0 Å². The summed E-state index contributed by atoms with van der Waals surface area (Å²) in [6.45, 7) is 3.94. The van der Waals surface area contributed by atoms with E-state index in [9.17, 15) is 19.0 Å². The summed E-state index contributed by atoms with van der Waals surface area (Å²) in [6.07, 6.45) is 64.0. The van der Waals surface area contributed by atoms with E-state index in [1.807, 2.05) is 0 Å². The van der Waals surface area contributed by atoms with Gasteiger partial charge in [0.2, 0.25) is 0 Å². The molecule has 0 rings (SSSR count). The molecule has 0 saturated heterocycles. The van der Waals surface area contributed by atoms with E-state index in [-0.39, 0.29) is 19.0 Å². The highest BCUT2D eigenvalue weighted by atomic mass is 31.2. The summed E-state index contributed by atoms with van der Waals surface area (Å²) in [7, 11) is -3.20. The summed E-state index contributed by atoms with van der Waals surface area (Å²) in [5.41, 5.74) is 0. The molecule has 0 fully saturated rings. The van der Waals surface area contributed by atoms with Crippen LogP contribution >= 0.6 is 7.82 Å². The van der Waals surface area contributed by atoms with Gasteiger partial charge in [-0.3, -0.25) is 18.6 Å². The van der Waals surface area contributed by atoms with Crippen LogP contribution in [0.1, 0.15) is 303 Å². The van der Waals surface area contributed by atoms with Crippen LogP contribution in [0.5, 0.6) is 0 Å². The number of carbonyl (C=O) groups is 2. The summed E-state index contributed by atoms with van der Waals surface area (Å²) in [6, 6.07) is 0. The Labute approximate surface area is 409 Å². The third-order valence-electron chi connectivity index (χ3n) is 12.9. The van der Waals surface area contributed by atoms with Gasteiger partial charge >= 0.3 is 19.8 Å². The highest BCUT2D eigenvalue weighted by molar-refractivity contribution is 7.47. The molecule has 2 atom stereocenters. The third-order valence-corrected chi connectivity index (χ3v) is 13.9. The molecule has 0 aromatic rings. The van der Waals surface area contributed by atoms with E-state index in [4.69, 9.17) is 14.0 Å². The van der Waals surface area contributed by atoms with Crippen molar-refractivity contribution in [3.05, 3.63) is 24.3 Å². The normalized spacial score (nSPS) is 13.2. The zero-order valence-electron chi connectivity index (χ0n) is 43.9. The molecular weight excluding hydrogens is 844 g/mol. The number of allylic oxidation sites excluding steroid dienone is 4. The maximum atomic E-state index is 12.6. The van der Waals surface area contributed by atoms with Crippen LogP contribution < -0.4 is 0 Å². The molecule has 0 aromatic carbocycles. The summed E-state index contributed by atoms with van der Waals surface area (Å²) in [4.78, 5) is 34.8. The number of unbranched alkanes of at least 4 members (excludes halogenated alkanes) is 39. The van der Waals surface area contributed by atoms with Gasteiger partial charge in [-0.25, -0.2) is 4.57 Å². The molecule has 0 radical (unpaired) electrons. The van der Waals surface area contributed by atoms with E-state index in [1.165, 1.54) is 231 Å². The molecule has 1 N–H and O–H groups in total. The number of hydrogen-bond donors (Lipinski definition) is 1. The Balaban J connectivity index is 3.81. The van der Waals surface area contributed by atoms with Gasteiger partial charge < -0.3 is 14.4 Å². The summed E-state index contributed by atoms with van der Waals surface area (Å²) in [5.74, 6) is -0.787. The van der Waals surface area contributed by atoms with E-state index in [2.05, 4.69) is 42.7 Å². The van der Waals surface area contributed by atoms with Gasteiger partial charge in [-0.05, 0) is 44.9 Å². The van der Waals surface area contributed by atoms with Crippen molar-refractivity contribution in [1.29, 1.82) is 0 Å². The Morgan fingerprint density at radius 1 is 0.424 bits per heavy atom. The number of phosphoric acid groups is 1. The fourth-order valence-electron chi connectivity index (χ4n) is 8.58. The Bertz CT molecular complexity index is 1130. The Hall–Kier alpha value is -1.47. The molecule has 0 aliphatic rings. The Kier molecular flexibility index (Phi) is 51.7.